The number of para-hydroxylation sites is 2. The summed E-state index contributed by atoms with van der Waals surface area (Å²) in [6.07, 6.45) is 1.89. The molecule has 0 saturated carbocycles. The first kappa shape index (κ1) is 15.6. The van der Waals surface area contributed by atoms with E-state index in [9.17, 15) is 4.79 Å². The van der Waals surface area contributed by atoms with Crippen LogP contribution in [0.3, 0.4) is 0 Å². The molecule has 3 aromatic rings. The smallest absolute Gasteiger partial charge is 0.253 e. The lowest BCUT2D eigenvalue weighted by Gasteiger charge is -2.36. The summed E-state index contributed by atoms with van der Waals surface area (Å²) in [6, 6.07) is 15.8. The number of anilines is 1. The van der Waals surface area contributed by atoms with Gasteiger partial charge in [0, 0.05) is 48.8 Å². The maximum absolute atomic E-state index is 12.8. The lowest BCUT2D eigenvalue weighted by Crippen LogP contribution is -2.48. The molecule has 2 heterocycles. The van der Waals surface area contributed by atoms with Crippen LogP contribution in [-0.2, 0) is 0 Å². The summed E-state index contributed by atoms with van der Waals surface area (Å²) in [4.78, 5) is 20.2. The number of nitrogens with one attached hydrogen (secondary N) is 1. The molecular formula is C20H21N3O2. The number of amides is 1. The Labute approximate surface area is 146 Å². The maximum Gasteiger partial charge on any atom is 0.253 e. The fourth-order valence-corrected chi connectivity index (χ4v) is 3.41. The number of hydrogen-bond donors (Lipinski definition) is 1. The molecule has 0 spiro atoms. The molecule has 0 atom stereocenters. The van der Waals surface area contributed by atoms with Gasteiger partial charge in [-0.25, -0.2) is 0 Å². The van der Waals surface area contributed by atoms with Gasteiger partial charge in [-0.1, -0.05) is 12.1 Å². The van der Waals surface area contributed by atoms with Gasteiger partial charge in [0.1, 0.15) is 5.75 Å². The molecular weight excluding hydrogens is 314 g/mol. The summed E-state index contributed by atoms with van der Waals surface area (Å²) in [7, 11) is 1.69. The van der Waals surface area contributed by atoms with E-state index < -0.39 is 0 Å². The third-order valence-electron chi connectivity index (χ3n) is 4.79. The molecule has 1 fully saturated rings. The van der Waals surface area contributed by atoms with E-state index in [0.29, 0.717) is 13.1 Å². The first-order chi connectivity index (χ1) is 12.3. The van der Waals surface area contributed by atoms with Crippen molar-refractivity contribution in [3.8, 4) is 5.75 Å². The molecule has 128 valence electrons. The molecule has 1 amide bonds. The van der Waals surface area contributed by atoms with Crippen molar-refractivity contribution in [2.75, 3.05) is 38.2 Å². The van der Waals surface area contributed by atoms with Gasteiger partial charge in [-0.3, -0.25) is 4.79 Å². The largest absolute Gasteiger partial charge is 0.495 e. The summed E-state index contributed by atoms with van der Waals surface area (Å²) in [5, 5.41) is 1.07. The van der Waals surface area contributed by atoms with E-state index in [1.807, 2.05) is 53.6 Å². The van der Waals surface area contributed by atoms with Crippen LogP contribution in [0.25, 0.3) is 10.9 Å². The van der Waals surface area contributed by atoms with E-state index in [-0.39, 0.29) is 5.91 Å². The first-order valence-corrected chi connectivity index (χ1v) is 8.50. The number of carbonyl (C=O) groups excluding carboxylic acids is 1. The van der Waals surface area contributed by atoms with Crippen molar-refractivity contribution in [3.05, 3.63) is 60.3 Å². The average Bonchev–Trinajstić information content (AvgIpc) is 3.15. The van der Waals surface area contributed by atoms with Crippen molar-refractivity contribution in [1.29, 1.82) is 0 Å². The number of methoxy groups -OCH3 is 1. The van der Waals surface area contributed by atoms with Crippen molar-refractivity contribution in [3.63, 3.8) is 0 Å². The fourth-order valence-electron chi connectivity index (χ4n) is 3.41. The summed E-state index contributed by atoms with van der Waals surface area (Å²) >= 11 is 0. The highest BCUT2D eigenvalue weighted by Gasteiger charge is 2.23. The number of ether oxygens (including phenoxy) is 1. The molecule has 0 aliphatic carbocycles. The zero-order chi connectivity index (χ0) is 17.2. The summed E-state index contributed by atoms with van der Waals surface area (Å²) < 4.78 is 5.45. The Morgan fingerprint density at radius 1 is 1.04 bits per heavy atom. The Bertz CT molecular complexity index is 895. The standard InChI is InChI=1S/C20H21N3O2/c1-25-19-5-3-2-4-18(19)22-10-12-23(13-11-22)20(24)16-6-7-17-15(14-16)8-9-21-17/h2-9,14,21H,10-13H2,1H3. The molecule has 1 N–H and O–H groups in total. The molecule has 4 rings (SSSR count). The molecule has 5 nitrogen and oxygen atoms in total. The van der Waals surface area contributed by atoms with Crippen LogP contribution in [0.4, 0.5) is 5.69 Å². The number of benzene rings is 2. The predicted octanol–water partition coefficient (Wildman–Crippen LogP) is 3.14. The predicted molar refractivity (Wildman–Crippen MR) is 99.4 cm³/mol. The van der Waals surface area contributed by atoms with Crippen molar-refractivity contribution in [2.45, 2.75) is 0 Å². The Kier molecular flexibility index (Phi) is 4.06. The Hall–Kier alpha value is -2.95. The molecule has 0 bridgehead atoms. The van der Waals surface area contributed by atoms with E-state index in [1.165, 1.54) is 0 Å². The van der Waals surface area contributed by atoms with E-state index in [2.05, 4.69) is 16.0 Å². The second-order valence-corrected chi connectivity index (χ2v) is 6.23. The minimum atomic E-state index is 0.0998. The van der Waals surface area contributed by atoms with Crippen molar-refractivity contribution in [2.24, 2.45) is 0 Å². The highest BCUT2D eigenvalue weighted by Crippen LogP contribution is 2.28. The van der Waals surface area contributed by atoms with Gasteiger partial charge in [0.15, 0.2) is 0 Å². The second-order valence-electron chi connectivity index (χ2n) is 6.23. The molecule has 1 aliphatic heterocycles. The van der Waals surface area contributed by atoms with Crippen molar-refractivity contribution >= 4 is 22.5 Å². The van der Waals surface area contributed by atoms with Gasteiger partial charge in [0.2, 0.25) is 0 Å². The van der Waals surface area contributed by atoms with Crippen LogP contribution in [0.1, 0.15) is 10.4 Å². The summed E-state index contributed by atoms with van der Waals surface area (Å²) in [5.41, 5.74) is 2.89. The number of H-pyrrole nitrogens is 1. The molecule has 1 saturated heterocycles. The van der Waals surface area contributed by atoms with Gasteiger partial charge in [-0.2, -0.15) is 0 Å². The number of carbonyl (C=O) groups is 1. The van der Waals surface area contributed by atoms with Gasteiger partial charge in [0.05, 0.1) is 12.8 Å². The maximum atomic E-state index is 12.8. The van der Waals surface area contributed by atoms with E-state index >= 15 is 0 Å². The quantitative estimate of drug-likeness (QED) is 0.800. The second kappa shape index (κ2) is 6.51. The molecule has 1 aromatic heterocycles. The topological polar surface area (TPSA) is 48.6 Å². The van der Waals surface area contributed by atoms with Crippen LogP contribution in [-0.4, -0.2) is 49.1 Å². The van der Waals surface area contributed by atoms with Crippen LogP contribution in [0.2, 0.25) is 0 Å². The molecule has 1 aliphatic rings. The molecule has 2 aromatic carbocycles. The van der Waals surface area contributed by atoms with Crippen molar-refractivity contribution < 1.29 is 9.53 Å². The van der Waals surface area contributed by atoms with Crippen LogP contribution in [0, 0.1) is 0 Å². The van der Waals surface area contributed by atoms with Crippen molar-refractivity contribution in [1.82, 2.24) is 9.88 Å². The Balaban J connectivity index is 1.46. The van der Waals surface area contributed by atoms with Crippen LogP contribution in [0.5, 0.6) is 5.75 Å². The van der Waals surface area contributed by atoms with Crippen LogP contribution in [0.15, 0.2) is 54.7 Å². The monoisotopic (exact) mass is 335 g/mol. The lowest BCUT2D eigenvalue weighted by atomic mass is 10.1. The molecule has 5 heteroatoms. The third kappa shape index (κ3) is 2.93. The zero-order valence-electron chi connectivity index (χ0n) is 14.2. The number of hydrogen-bond acceptors (Lipinski definition) is 3. The normalized spacial score (nSPS) is 14.8. The van der Waals surface area contributed by atoms with Crippen LogP contribution >= 0.6 is 0 Å². The lowest BCUT2D eigenvalue weighted by molar-refractivity contribution is 0.0747. The van der Waals surface area contributed by atoms with E-state index in [1.54, 1.807) is 7.11 Å². The Morgan fingerprint density at radius 3 is 2.64 bits per heavy atom. The van der Waals surface area contributed by atoms with E-state index in [4.69, 9.17) is 4.74 Å². The number of aromatic nitrogens is 1. The van der Waals surface area contributed by atoms with Gasteiger partial charge in [0.25, 0.3) is 5.91 Å². The average molecular weight is 335 g/mol. The molecule has 0 unspecified atom stereocenters. The summed E-state index contributed by atoms with van der Waals surface area (Å²) in [6.45, 7) is 3.03. The summed E-state index contributed by atoms with van der Waals surface area (Å²) in [5.74, 6) is 0.975. The number of aromatic amines is 1. The highest BCUT2D eigenvalue weighted by molar-refractivity contribution is 5.98. The van der Waals surface area contributed by atoms with Gasteiger partial charge < -0.3 is 19.5 Å². The minimum absolute atomic E-state index is 0.0998. The van der Waals surface area contributed by atoms with Gasteiger partial charge in [-0.15, -0.1) is 0 Å². The SMILES string of the molecule is COc1ccccc1N1CCN(C(=O)c2ccc3[nH]ccc3c2)CC1. The number of fused-ring (bicyclic) bond motifs is 1. The molecule has 25 heavy (non-hydrogen) atoms. The highest BCUT2D eigenvalue weighted by atomic mass is 16.5. The van der Waals surface area contributed by atoms with E-state index in [0.717, 1.165) is 41.0 Å². The van der Waals surface area contributed by atoms with Gasteiger partial charge >= 0.3 is 0 Å². The number of nitrogens with zero attached hydrogens (tertiary/aromatic N) is 2. The fraction of sp³-hybridized carbons (Fsp3) is 0.250. The third-order valence-corrected chi connectivity index (χ3v) is 4.79. The number of piperazine rings is 1. The minimum Gasteiger partial charge on any atom is -0.495 e. The molecule has 0 radical (unpaired) electrons. The zero-order valence-corrected chi connectivity index (χ0v) is 14.2. The first-order valence-electron chi connectivity index (χ1n) is 8.50. The van der Waals surface area contributed by atoms with Gasteiger partial charge in [-0.05, 0) is 36.4 Å². The van der Waals surface area contributed by atoms with Crippen LogP contribution < -0.4 is 9.64 Å². The Morgan fingerprint density at radius 2 is 1.84 bits per heavy atom. The number of rotatable bonds is 3.